The number of rotatable bonds is 6. The monoisotopic (exact) mass is 293 g/mol. The van der Waals surface area contributed by atoms with E-state index in [1.54, 1.807) is 12.1 Å². The second-order valence-electron chi connectivity index (χ2n) is 5.70. The van der Waals surface area contributed by atoms with Crippen LogP contribution in [0.4, 0.5) is 0 Å². The molecule has 1 fully saturated rings. The summed E-state index contributed by atoms with van der Waals surface area (Å²) in [6.07, 6.45) is 5.59. The molecule has 0 aliphatic heterocycles. The van der Waals surface area contributed by atoms with Crippen molar-refractivity contribution in [2.24, 2.45) is 11.1 Å². The van der Waals surface area contributed by atoms with E-state index in [1.165, 1.54) is 19.6 Å². The number of aromatic carboxylic acids is 1. The fourth-order valence-corrected chi connectivity index (χ4v) is 2.93. The number of methoxy groups -OCH3 is 1. The first kappa shape index (κ1) is 15.6. The smallest absolute Gasteiger partial charge is 0.339 e. The Bertz CT molecular complexity index is 495. The minimum Gasteiger partial charge on any atom is -0.493 e. The zero-order valence-corrected chi connectivity index (χ0v) is 12.4. The summed E-state index contributed by atoms with van der Waals surface area (Å²) >= 11 is 0. The van der Waals surface area contributed by atoms with Crippen LogP contribution in [-0.4, -0.2) is 31.3 Å². The molecule has 116 valence electrons. The normalized spacial score (nSPS) is 17.2. The maximum atomic E-state index is 11.3. The second-order valence-corrected chi connectivity index (χ2v) is 5.70. The van der Waals surface area contributed by atoms with E-state index >= 15 is 0 Å². The van der Waals surface area contributed by atoms with E-state index in [-0.39, 0.29) is 11.0 Å². The molecule has 2 rings (SSSR count). The Balaban J connectivity index is 2.20. The summed E-state index contributed by atoms with van der Waals surface area (Å²) in [4.78, 5) is 11.3. The summed E-state index contributed by atoms with van der Waals surface area (Å²) in [5, 5.41) is 9.28. The lowest BCUT2D eigenvalue weighted by Crippen LogP contribution is -2.38. The third-order valence-electron chi connectivity index (χ3n) is 4.30. The molecule has 0 saturated heterocycles. The van der Waals surface area contributed by atoms with Crippen molar-refractivity contribution in [3.63, 3.8) is 0 Å². The first-order valence-electron chi connectivity index (χ1n) is 7.35. The first-order chi connectivity index (χ1) is 10.1. The van der Waals surface area contributed by atoms with Crippen LogP contribution >= 0.6 is 0 Å². The molecule has 1 aromatic carbocycles. The maximum Gasteiger partial charge on any atom is 0.339 e. The predicted molar refractivity (Wildman–Crippen MR) is 80.0 cm³/mol. The van der Waals surface area contributed by atoms with Crippen LogP contribution in [0.5, 0.6) is 11.5 Å². The van der Waals surface area contributed by atoms with Gasteiger partial charge in [0.15, 0.2) is 11.5 Å². The Morgan fingerprint density at radius 2 is 2.05 bits per heavy atom. The first-order valence-corrected chi connectivity index (χ1v) is 7.35. The molecule has 5 heteroatoms. The molecule has 0 heterocycles. The summed E-state index contributed by atoms with van der Waals surface area (Å²) in [6, 6.07) is 4.88. The van der Waals surface area contributed by atoms with Crippen molar-refractivity contribution in [3.05, 3.63) is 23.8 Å². The molecule has 1 aliphatic carbocycles. The van der Waals surface area contributed by atoms with Gasteiger partial charge in [-0.15, -0.1) is 0 Å². The number of hydrogen-bond acceptors (Lipinski definition) is 4. The SMILES string of the molecule is COc1cccc(C(=O)O)c1OCC1(CN)CCCCC1. The van der Waals surface area contributed by atoms with Gasteiger partial charge >= 0.3 is 5.97 Å². The molecular weight excluding hydrogens is 270 g/mol. The van der Waals surface area contributed by atoms with E-state index in [1.807, 2.05) is 0 Å². The van der Waals surface area contributed by atoms with Crippen LogP contribution in [0, 0.1) is 5.41 Å². The molecule has 0 amide bonds. The molecule has 1 aliphatic rings. The summed E-state index contributed by atoms with van der Waals surface area (Å²) < 4.78 is 11.1. The van der Waals surface area contributed by atoms with Crippen LogP contribution in [0.15, 0.2) is 18.2 Å². The molecule has 1 aromatic rings. The third-order valence-corrected chi connectivity index (χ3v) is 4.30. The van der Waals surface area contributed by atoms with Crippen molar-refractivity contribution in [3.8, 4) is 11.5 Å². The molecule has 0 atom stereocenters. The number of carbonyl (C=O) groups is 1. The topological polar surface area (TPSA) is 81.8 Å². The van der Waals surface area contributed by atoms with E-state index in [9.17, 15) is 9.90 Å². The fourth-order valence-electron chi connectivity index (χ4n) is 2.93. The van der Waals surface area contributed by atoms with Crippen LogP contribution in [-0.2, 0) is 0 Å². The average Bonchev–Trinajstić information content (AvgIpc) is 2.53. The van der Waals surface area contributed by atoms with Gasteiger partial charge in [0.1, 0.15) is 5.56 Å². The zero-order chi connectivity index (χ0) is 15.3. The third kappa shape index (κ3) is 3.47. The van der Waals surface area contributed by atoms with Crippen LogP contribution in [0.25, 0.3) is 0 Å². The summed E-state index contributed by atoms with van der Waals surface area (Å²) in [6.45, 7) is 0.995. The number of ether oxygens (including phenoxy) is 2. The van der Waals surface area contributed by atoms with Crippen LogP contribution in [0.3, 0.4) is 0 Å². The van der Waals surface area contributed by atoms with E-state index < -0.39 is 5.97 Å². The second kappa shape index (κ2) is 6.80. The summed E-state index contributed by atoms with van der Waals surface area (Å²) in [5.74, 6) is -0.280. The van der Waals surface area contributed by atoms with Crippen LogP contribution in [0.2, 0.25) is 0 Å². The van der Waals surface area contributed by atoms with Crippen molar-refractivity contribution in [2.75, 3.05) is 20.3 Å². The van der Waals surface area contributed by atoms with E-state index in [0.717, 1.165) is 25.7 Å². The summed E-state index contributed by atoms with van der Waals surface area (Å²) in [5.41, 5.74) is 6.02. The van der Waals surface area contributed by atoms with E-state index in [0.29, 0.717) is 24.7 Å². The maximum absolute atomic E-state index is 11.3. The quantitative estimate of drug-likeness (QED) is 0.842. The van der Waals surface area contributed by atoms with Crippen molar-refractivity contribution in [1.82, 2.24) is 0 Å². The molecule has 0 radical (unpaired) electrons. The highest BCUT2D eigenvalue weighted by Crippen LogP contribution is 2.38. The fraction of sp³-hybridized carbons (Fsp3) is 0.562. The van der Waals surface area contributed by atoms with Gasteiger partial charge in [-0.1, -0.05) is 25.3 Å². The van der Waals surface area contributed by atoms with Crippen molar-refractivity contribution < 1.29 is 19.4 Å². The van der Waals surface area contributed by atoms with Crippen molar-refractivity contribution in [1.29, 1.82) is 0 Å². The number of carboxylic acids is 1. The molecule has 1 saturated carbocycles. The van der Waals surface area contributed by atoms with Gasteiger partial charge in [0.2, 0.25) is 0 Å². The van der Waals surface area contributed by atoms with Gasteiger partial charge in [0.05, 0.1) is 13.7 Å². The number of benzene rings is 1. The lowest BCUT2D eigenvalue weighted by atomic mass is 9.75. The highest BCUT2D eigenvalue weighted by Gasteiger charge is 2.32. The zero-order valence-electron chi connectivity index (χ0n) is 12.4. The molecule has 21 heavy (non-hydrogen) atoms. The van der Waals surface area contributed by atoms with E-state index in [4.69, 9.17) is 15.2 Å². The van der Waals surface area contributed by atoms with Gasteiger partial charge in [-0.25, -0.2) is 4.79 Å². The van der Waals surface area contributed by atoms with E-state index in [2.05, 4.69) is 0 Å². The minimum absolute atomic E-state index is 0.0467. The lowest BCUT2D eigenvalue weighted by molar-refractivity contribution is 0.0678. The van der Waals surface area contributed by atoms with Gasteiger partial charge in [-0.2, -0.15) is 0 Å². The van der Waals surface area contributed by atoms with Crippen molar-refractivity contribution in [2.45, 2.75) is 32.1 Å². The van der Waals surface area contributed by atoms with Gasteiger partial charge < -0.3 is 20.3 Å². The molecule has 0 bridgehead atoms. The lowest BCUT2D eigenvalue weighted by Gasteiger charge is -2.36. The predicted octanol–water partition coefficient (Wildman–Crippen LogP) is 2.68. The molecule has 5 nitrogen and oxygen atoms in total. The Morgan fingerprint density at radius 3 is 2.62 bits per heavy atom. The average molecular weight is 293 g/mol. The molecular formula is C16H23NO4. The number of nitrogens with two attached hydrogens (primary N) is 1. The molecule has 0 aromatic heterocycles. The van der Waals surface area contributed by atoms with Gasteiger partial charge in [0.25, 0.3) is 0 Å². The minimum atomic E-state index is -1.02. The molecule has 3 N–H and O–H groups in total. The number of para-hydroxylation sites is 1. The van der Waals surface area contributed by atoms with Crippen molar-refractivity contribution >= 4 is 5.97 Å². The highest BCUT2D eigenvalue weighted by molar-refractivity contribution is 5.92. The number of hydrogen-bond donors (Lipinski definition) is 2. The van der Waals surface area contributed by atoms with Crippen LogP contribution < -0.4 is 15.2 Å². The summed E-state index contributed by atoms with van der Waals surface area (Å²) in [7, 11) is 1.51. The Morgan fingerprint density at radius 1 is 1.33 bits per heavy atom. The Labute approximate surface area is 125 Å². The molecule has 0 unspecified atom stereocenters. The van der Waals surface area contributed by atoms with Gasteiger partial charge in [0, 0.05) is 12.0 Å². The number of carboxylic acid groups (broad SMARTS) is 1. The standard InChI is InChI=1S/C16H23NO4/c1-20-13-7-5-6-12(15(18)19)14(13)21-11-16(10-17)8-3-2-4-9-16/h5-7H,2-4,8-11,17H2,1H3,(H,18,19). The van der Waals surface area contributed by atoms with Crippen LogP contribution in [0.1, 0.15) is 42.5 Å². The Hall–Kier alpha value is -1.75. The highest BCUT2D eigenvalue weighted by atomic mass is 16.5. The Kier molecular flexibility index (Phi) is 5.07. The largest absolute Gasteiger partial charge is 0.493 e. The molecule has 0 spiro atoms. The van der Waals surface area contributed by atoms with Gasteiger partial charge in [-0.05, 0) is 25.0 Å². The van der Waals surface area contributed by atoms with Gasteiger partial charge in [-0.3, -0.25) is 0 Å².